The zero-order chi connectivity index (χ0) is 12.8. The fraction of sp³-hybridized carbons (Fsp3) is 0.333. The van der Waals surface area contributed by atoms with Gasteiger partial charge in [-0.15, -0.1) is 0 Å². The molecule has 1 rings (SSSR count). The lowest BCUT2D eigenvalue weighted by molar-refractivity contribution is -0.149. The minimum Gasteiger partial charge on any atom is -0.482 e. The normalized spacial score (nSPS) is 9.82. The quantitative estimate of drug-likeness (QED) is 0.774. The van der Waals surface area contributed by atoms with Gasteiger partial charge in [-0.25, -0.2) is 4.79 Å². The highest BCUT2D eigenvalue weighted by Crippen LogP contribution is 2.21. The summed E-state index contributed by atoms with van der Waals surface area (Å²) in [6.45, 7) is 3.34. The SMILES string of the molecule is CC(C)OC(=O)COc1ccc(C#N)c(Cl)c1. The number of nitriles is 1. The number of carbonyl (C=O) groups excluding carboxylic acids is 1. The molecule has 0 N–H and O–H groups in total. The lowest BCUT2D eigenvalue weighted by Crippen LogP contribution is -2.18. The summed E-state index contributed by atoms with van der Waals surface area (Å²) in [5, 5.41) is 8.97. The molecule has 0 bridgehead atoms. The fourth-order valence-corrected chi connectivity index (χ4v) is 1.33. The molecule has 0 aliphatic heterocycles. The summed E-state index contributed by atoms with van der Waals surface area (Å²) in [6, 6.07) is 6.53. The van der Waals surface area contributed by atoms with E-state index < -0.39 is 5.97 Å². The lowest BCUT2D eigenvalue weighted by atomic mass is 10.2. The maximum Gasteiger partial charge on any atom is 0.344 e. The first-order valence-corrected chi connectivity index (χ1v) is 5.42. The highest BCUT2D eigenvalue weighted by Gasteiger charge is 2.07. The van der Waals surface area contributed by atoms with E-state index in [-0.39, 0.29) is 12.7 Å². The van der Waals surface area contributed by atoms with Crippen molar-refractivity contribution in [1.29, 1.82) is 5.26 Å². The summed E-state index contributed by atoms with van der Waals surface area (Å²) >= 11 is 5.81. The topological polar surface area (TPSA) is 59.3 Å². The molecule has 0 fully saturated rings. The van der Waals surface area contributed by atoms with Gasteiger partial charge in [0.15, 0.2) is 6.61 Å². The van der Waals surface area contributed by atoms with Gasteiger partial charge in [0.05, 0.1) is 16.7 Å². The Bertz CT molecular complexity index is 452. The van der Waals surface area contributed by atoms with Crippen LogP contribution in [-0.2, 0) is 9.53 Å². The van der Waals surface area contributed by atoms with Crippen molar-refractivity contribution in [2.75, 3.05) is 6.61 Å². The molecular weight excluding hydrogens is 242 g/mol. The second-order valence-electron chi connectivity index (χ2n) is 3.58. The number of halogens is 1. The highest BCUT2D eigenvalue weighted by atomic mass is 35.5. The van der Waals surface area contributed by atoms with E-state index in [1.807, 2.05) is 6.07 Å². The maximum atomic E-state index is 11.2. The number of carbonyl (C=O) groups is 1. The number of hydrogen-bond donors (Lipinski definition) is 0. The Kier molecular flexibility index (Phi) is 4.80. The number of ether oxygens (including phenoxy) is 2. The van der Waals surface area contributed by atoms with Crippen molar-refractivity contribution in [3.05, 3.63) is 28.8 Å². The van der Waals surface area contributed by atoms with Gasteiger partial charge in [-0.3, -0.25) is 0 Å². The van der Waals surface area contributed by atoms with Crippen molar-refractivity contribution in [2.24, 2.45) is 0 Å². The van der Waals surface area contributed by atoms with Crippen LogP contribution < -0.4 is 4.74 Å². The monoisotopic (exact) mass is 253 g/mol. The Morgan fingerprint density at radius 1 is 1.53 bits per heavy atom. The Labute approximate surface area is 105 Å². The van der Waals surface area contributed by atoms with E-state index in [0.717, 1.165) is 0 Å². The number of esters is 1. The van der Waals surface area contributed by atoms with E-state index in [9.17, 15) is 4.79 Å². The van der Waals surface area contributed by atoms with Crippen LogP contribution in [0.25, 0.3) is 0 Å². The Morgan fingerprint density at radius 3 is 2.76 bits per heavy atom. The van der Waals surface area contributed by atoms with Crippen molar-refractivity contribution < 1.29 is 14.3 Å². The summed E-state index contributed by atoms with van der Waals surface area (Å²) in [7, 11) is 0. The third-order valence-corrected chi connectivity index (χ3v) is 2.10. The average molecular weight is 254 g/mol. The third kappa shape index (κ3) is 4.33. The molecule has 5 heteroatoms. The van der Waals surface area contributed by atoms with Gasteiger partial charge in [-0.1, -0.05) is 11.6 Å². The van der Waals surface area contributed by atoms with E-state index in [4.69, 9.17) is 26.3 Å². The van der Waals surface area contributed by atoms with Gasteiger partial charge in [0.1, 0.15) is 11.8 Å². The second-order valence-corrected chi connectivity index (χ2v) is 3.99. The molecule has 1 aromatic carbocycles. The van der Waals surface area contributed by atoms with Crippen LogP contribution >= 0.6 is 11.6 Å². The number of hydrogen-bond acceptors (Lipinski definition) is 4. The van der Waals surface area contributed by atoms with Gasteiger partial charge < -0.3 is 9.47 Å². The molecule has 1 aromatic rings. The molecular formula is C12H12ClNO3. The van der Waals surface area contributed by atoms with Crippen molar-refractivity contribution in [3.63, 3.8) is 0 Å². The first-order valence-electron chi connectivity index (χ1n) is 5.05. The molecule has 0 saturated carbocycles. The summed E-state index contributed by atoms with van der Waals surface area (Å²) in [4.78, 5) is 11.2. The van der Waals surface area contributed by atoms with Crippen LogP contribution in [0, 0.1) is 11.3 Å². The summed E-state index contributed by atoms with van der Waals surface area (Å²) < 4.78 is 10.1. The highest BCUT2D eigenvalue weighted by molar-refractivity contribution is 6.31. The zero-order valence-corrected chi connectivity index (χ0v) is 10.3. The van der Waals surface area contributed by atoms with E-state index in [1.54, 1.807) is 19.9 Å². The van der Waals surface area contributed by atoms with Crippen molar-refractivity contribution in [2.45, 2.75) is 20.0 Å². The van der Waals surface area contributed by atoms with E-state index in [0.29, 0.717) is 16.3 Å². The molecule has 0 amide bonds. The van der Waals surface area contributed by atoms with Crippen LogP contribution in [0.4, 0.5) is 0 Å². The van der Waals surface area contributed by atoms with Gasteiger partial charge >= 0.3 is 5.97 Å². The first kappa shape index (κ1) is 13.3. The number of benzene rings is 1. The zero-order valence-electron chi connectivity index (χ0n) is 9.57. The smallest absolute Gasteiger partial charge is 0.344 e. The van der Waals surface area contributed by atoms with Crippen LogP contribution in [0.5, 0.6) is 5.75 Å². The van der Waals surface area contributed by atoms with Crippen LogP contribution in [0.1, 0.15) is 19.4 Å². The van der Waals surface area contributed by atoms with E-state index in [2.05, 4.69) is 0 Å². The molecule has 0 aliphatic rings. The molecule has 4 nitrogen and oxygen atoms in total. The summed E-state index contributed by atoms with van der Waals surface area (Å²) in [6.07, 6.45) is -0.171. The molecule has 90 valence electrons. The largest absolute Gasteiger partial charge is 0.482 e. The Morgan fingerprint density at radius 2 is 2.24 bits per heavy atom. The van der Waals surface area contributed by atoms with Crippen LogP contribution in [0.2, 0.25) is 5.02 Å². The predicted molar refractivity (Wildman–Crippen MR) is 62.9 cm³/mol. The van der Waals surface area contributed by atoms with Crippen molar-refractivity contribution in [1.82, 2.24) is 0 Å². The third-order valence-electron chi connectivity index (χ3n) is 1.78. The molecule has 0 atom stereocenters. The number of rotatable bonds is 4. The summed E-state index contributed by atoms with van der Waals surface area (Å²) in [5.74, 6) is -0.0183. The van der Waals surface area contributed by atoms with E-state index in [1.165, 1.54) is 12.1 Å². The molecule has 0 unspecified atom stereocenters. The van der Waals surface area contributed by atoms with Crippen molar-refractivity contribution >= 4 is 17.6 Å². The van der Waals surface area contributed by atoms with Crippen LogP contribution in [0.15, 0.2) is 18.2 Å². The second kappa shape index (κ2) is 6.12. The lowest BCUT2D eigenvalue weighted by Gasteiger charge is -2.09. The molecule has 0 spiro atoms. The van der Waals surface area contributed by atoms with Crippen molar-refractivity contribution in [3.8, 4) is 11.8 Å². The minimum absolute atomic E-state index is 0.171. The fourth-order valence-electron chi connectivity index (χ4n) is 1.12. The Hall–Kier alpha value is -1.73. The summed E-state index contributed by atoms with van der Waals surface area (Å²) in [5.41, 5.74) is 0.365. The van der Waals surface area contributed by atoms with Gasteiger partial charge in [0, 0.05) is 6.07 Å². The number of nitrogens with zero attached hydrogens (tertiary/aromatic N) is 1. The minimum atomic E-state index is -0.444. The molecule has 0 aliphatic carbocycles. The van der Waals surface area contributed by atoms with Gasteiger partial charge in [0.2, 0.25) is 0 Å². The predicted octanol–water partition coefficient (Wildman–Crippen LogP) is 2.54. The van der Waals surface area contributed by atoms with Crippen LogP contribution in [-0.4, -0.2) is 18.7 Å². The molecule has 0 heterocycles. The maximum absolute atomic E-state index is 11.2. The van der Waals surface area contributed by atoms with E-state index >= 15 is 0 Å². The van der Waals surface area contributed by atoms with Gasteiger partial charge in [0.25, 0.3) is 0 Å². The standard InChI is InChI=1S/C12H12ClNO3/c1-8(2)17-12(15)7-16-10-4-3-9(6-14)11(13)5-10/h3-5,8H,7H2,1-2H3. The Balaban J connectivity index is 2.56. The average Bonchev–Trinajstić information content (AvgIpc) is 2.25. The molecule has 0 radical (unpaired) electrons. The van der Waals surface area contributed by atoms with Gasteiger partial charge in [-0.05, 0) is 26.0 Å². The molecule has 0 aromatic heterocycles. The first-order chi connectivity index (χ1) is 8.02. The van der Waals surface area contributed by atoms with Gasteiger partial charge in [-0.2, -0.15) is 5.26 Å². The molecule has 17 heavy (non-hydrogen) atoms. The molecule has 0 saturated heterocycles. The van der Waals surface area contributed by atoms with Crippen LogP contribution in [0.3, 0.4) is 0 Å².